The number of carbonyl (C=O) groups is 2. The Balaban J connectivity index is 1.42. The number of aromatic amines is 1. The standard InChI is InChI=1S/C25H25Cl2N3O3/c26-17-5-6-19(20(27)14-17)25(7-8-25)24(32)29-22(23(31)30-9-11-33-12-10-30)13-16-15-28-21-4-2-1-3-18(16)21/h1-6,14-15,22,28H,7-13H2,(H,29,32). The van der Waals surface area contributed by atoms with Gasteiger partial charge in [-0.2, -0.15) is 0 Å². The highest BCUT2D eigenvalue weighted by Crippen LogP contribution is 2.51. The van der Waals surface area contributed by atoms with Crippen LogP contribution in [0.4, 0.5) is 0 Å². The second-order valence-corrected chi connectivity index (χ2v) is 9.58. The summed E-state index contributed by atoms with van der Waals surface area (Å²) in [5.41, 5.74) is 2.04. The van der Waals surface area contributed by atoms with Gasteiger partial charge >= 0.3 is 0 Å². The molecule has 1 saturated carbocycles. The van der Waals surface area contributed by atoms with E-state index >= 15 is 0 Å². The summed E-state index contributed by atoms with van der Waals surface area (Å²) in [5, 5.41) is 5.14. The molecule has 1 saturated heterocycles. The van der Waals surface area contributed by atoms with E-state index in [9.17, 15) is 9.59 Å². The number of para-hydroxylation sites is 1. The first-order chi connectivity index (χ1) is 16.0. The lowest BCUT2D eigenvalue weighted by atomic mass is 9.93. The molecule has 8 heteroatoms. The van der Waals surface area contributed by atoms with E-state index in [4.69, 9.17) is 27.9 Å². The summed E-state index contributed by atoms with van der Waals surface area (Å²) in [4.78, 5) is 32.1. The average molecular weight is 486 g/mol. The minimum Gasteiger partial charge on any atom is -0.378 e. The van der Waals surface area contributed by atoms with Gasteiger partial charge in [0.05, 0.1) is 18.6 Å². The normalized spacial score (nSPS) is 18.2. The molecule has 0 bridgehead atoms. The van der Waals surface area contributed by atoms with E-state index in [2.05, 4.69) is 10.3 Å². The summed E-state index contributed by atoms with van der Waals surface area (Å²) in [6.07, 6.45) is 3.69. The maximum atomic E-state index is 13.5. The molecular formula is C25H25Cl2N3O3. The van der Waals surface area contributed by atoms with Crippen molar-refractivity contribution in [3.8, 4) is 0 Å². The minimum atomic E-state index is -0.717. The van der Waals surface area contributed by atoms with E-state index in [-0.39, 0.29) is 11.8 Å². The summed E-state index contributed by atoms with van der Waals surface area (Å²) < 4.78 is 5.41. The van der Waals surface area contributed by atoms with Crippen molar-refractivity contribution in [2.45, 2.75) is 30.7 Å². The predicted octanol–water partition coefficient (Wildman–Crippen LogP) is 4.09. The molecule has 2 heterocycles. The van der Waals surface area contributed by atoms with Crippen LogP contribution in [0, 0.1) is 0 Å². The number of hydrogen-bond donors (Lipinski definition) is 2. The molecule has 0 radical (unpaired) electrons. The van der Waals surface area contributed by atoms with Gasteiger partial charge in [0.1, 0.15) is 6.04 Å². The third-order valence-corrected chi connectivity index (χ3v) is 7.20. The highest BCUT2D eigenvalue weighted by atomic mass is 35.5. The van der Waals surface area contributed by atoms with Gasteiger partial charge in [-0.3, -0.25) is 9.59 Å². The molecule has 0 spiro atoms. The number of H-pyrrole nitrogens is 1. The number of carbonyl (C=O) groups excluding carboxylic acids is 2. The molecule has 2 aliphatic rings. The van der Waals surface area contributed by atoms with Gasteiger partial charge in [0.25, 0.3) is 0 Å². The van der Waals surface area contributed by atoms with Crippen molar-refractivity contribution in [1.82, 2.24) is 15.2 Å². The van der Waals surface area contributed by atoms with Gasteiger partial charge in [-0.1, -0.05) is 47.5 Å². The third-order valence-electron chi connectivity index (χ3n) is 6.66. The Morgan fingerprint density at radius 2 is 1.88 bits per heavy atom. The highest BCUT2D eigenvalue weighted by molar-refractivity contribution is 6.35. The average Bonchev–Trinajstić information content (AvgIpc) is 3.54. The van der Waals surface area contributed by atoms with Crippen molar-refractivity contribution in [3.05, 3.63) is 69.8 Å². The zero-order valence-corrected chi connectivity index (χ0v) is 19.6. The van der Waals surface area contributed by atoms with Gasteiger partial charge in [-0.15, -0.1) is 0 Å². The second kappa shape index (κ2) is 9.01. The number of nitrogens with zero attached hydrogens (tertiary/aromatic N) is 1. The molecule has 1 aliphatic heterocycles. The Bertz CT molecular complexity index is 1200. The van der Waals surface area contributed by atoms with Crippen LogP contribution < -0.4 is 5.32 Å². The number of aromatic nitrogens is 1. The molecule has 1 aromatic heterocycles. The number of hydrogen-bond acceptors (Lipinski definition) is 3. The Kier molecular flexibility index (Phi) is 6.08. The van der Waals surface area contributed by atoms with Crippen molar-refractivity contribution in [2.24, 2.45) is 0 Å². The fraction of sp³-hybridized carbons (Fsp3) is 0.360. The first kappa shape index (κ1) is 22.3. The Labute approximate surface area is 202 Å². The van der Waals surface area contributed by atoms with Crippen molar-refractivity contribution >= 4 is 45.9 Å². The number of halogens is 2. The van der Waals surface area contributed by atoms with Gasteiger partial charge < -0.3 is 19.9 Å². The quantitative estimate of drug-likeness (QED) is 0.551. The van der Waals surface area contributed by atoms with E-state index in [0.717, 1.165) is 22.0 Å². The lowest BCUT2D eigenvalue weighted by molar-refractivity contribution is -0.140. The number of nitrogens with one attached hydrogen (secondary N) is 2. The van der Waals surface area contributed by atoms with E-state index in [0.29, 0.717) is 55.6 Å². The van der Waals surface area contributed by atoms with E-state index in [1.807, 2.05) is 36.5 Å². The van der Waals surface area contributed by atoms with E-state index < -0.39 is 11.5 Å². The van der Waals surface area contributed by atoms with E-state index in [1.165, 1.54) is 0 Å². The molecule has 6 nitrogen and oxygen atoms in total. The fourth-order valence-corrected chi connectivity index (χ4v) is 5.23. The Hall–Kier alpha value is -2.54. The SMILES string of the molecule is O=C(C(Cc1c[nH]c2ccccc12)NC(=O)C1(c2ccc(Cl)cc2Cl)CC1)N1CCOCC1. The van der Waals surface area contributed by atoms with Gasteiger partial charge in [0, 0.05) is 46.7 Å². The van der Waals surface area contributed by atoms with Crippen LogP contribution in [0.2, 0.25) is 10.0 Å². The molecular weight excluding hydrogens is 461 g/mol. The van der Waals surface area contributed by atoms with E-state index in [1.54, 1.807) is 17.0 Å². The minimum absolute atomic E-state index is 0.0880. The Morgan fingerprint density at radius 1 is 1.12 bits per heavy atom. The monoisotopic (exact) mass is 485 g/mol. The van der Waals surface area contributed by atoms with Crippen molar-refractivity contribution in [2.75, 3.05) is 26.3 Å². The highest BCUT2D eigenvalue weighted by Gasteiger charge is 2.53. The van der Waals surface area contributed by atoms with Crippen LogP contribution in [0.1, 0.15) is 24.0 Å². The molecule has 1 aliphatic carbocycles. The lowest BCUT2D eigenvalue weighted by Crippen LogP contribution is -2.54. The van der Waals surface area contributed by atoms with Crippen LogP contribution in [0.15, 0.2) is 48.7 Å². The molecule has 1 atom stereocenters. The second-order valence-electron chi connectivity index (χ2n) is 8.73. The Morgan fingerprint density at radius 3 is 2.61 bits per heavy atom. The molecule has 5 rings (SSSR count). The molecule has 33 heavy (non-hydrogen) atoms. The summed E-state index contributed by atoms with van der Waals surface area (Å²) >= 11 is 12.5. The number of benzene rings is 2. The maximum absolute atomic E-state index is 13.5. The van der Waals surface area contributed by atoms with Gasteiger partial charge in [-0.25, -0.2) is 0 Å². The topological polar surface area (TPSA) is 74.4 Å². The predicted molar refractivity (Wildman–Crippen MR) is 129 cm³/mol. The number of rotatable bonds is 6. The lowest BCUT2D eigenvalue weighted by Gasteiger charge is -2.31. The van der Waals surface area contributed by atoms with Crippen LogP contribution in [-0.2, 0) is 26.2 Å². The van der Waals surface area contributed by atoms with Gasteiger partial charge in [0.2, 0.25) is 11.8 Å². The van der Waals surface area contributed by atoms with Crippen LogP contribution >= 0.6 is 23.2 Å². The molecule has 1 unspecified atom stereocenters. The first-order valence-corrected chi connectivity index (χ1v) is 11.9. The molecule has 2 amide bonds. The molecule has 172 valence electrons. The smallest absolute Gasteiger partial charge is 0.245 e. The van der Waals surface area contributed by atoms with Gasteiger partial charge in [-0.05, 0) is 42.2 Å². The summed E-state index contributed by atoms with van der Waals surface area (Å²) in [5.74, 6) is -0.256. The fourth-order valence-electron chi connectivity index (χ4n) is 4.64. The molecule has 3 aromatic rings. The van der Waals surface area contributed by atoms with Crippen LogP contribution in [-0.4, -0.2) is 54.0 Å². The largest absolute Gasteiger partial charge is 0.378 e. The van der Waals surface area contributed by atoms with Gasteiger partial charge in [0.15, 0.2) is 0 Å². The molecule has 2 fully saturated rings. The maximum Gasteiger partial charge on any atom is 0.245 e. The number of ether oxygens (including phenoxy) is 1. The zero-order chi connectivity index (χ0) is 23.0. The van der Waals surface area contributed by atoms with Crippen molar-refractivity contribution in [3.63, 3.8) is 0 Å². The van der Waals surface area contributed by atoms with Crippen LogP contribution in [0.5, 0.6) is 0 Å². The first-order valence-electron chi connectivity index (χ1n) is 11.2. The van der Waals surface area contributed by atoms with Crippen LogP contribution in [0.25, 0.3) is 10.9 Å². The third kappa shape index (κ3) is 4.35. The number of amides is 2. The van der Waals surface area contributed by atoms with Crippen molar-refractivity contribution < 1.29 is 14.3 Å². The summed E-state index contributed by atoms with van der Waals surface area (Å²) in [7, 11) is 0. The summed E-state index contributed by atoms with van der Waals surface area (Å²) in [6.45, 7) is 2.05. The van der Waals surface area contributed by atoms with Crippen molar-refractivity contribution in [1.29, 1.82) is 0 Å². The summed E-state index contributed by atoms with van der Waals surface area (Å²) in [6, 6.07) is 12.5. The molecule has 2 aromatic carbocycles. The zero-order valence-electron chi connectivity index (χ0n) is 18.1. The number of morpholine rings is 1. The van der Waals surface area contributed by atoms with Crippen LogP contribution in [0.3, 0.4) is 0 Å². The molecule has 2 N–H and O–H groups in total. The number of fused-ring (bicyclic) bond motifs is 1.